The number of carbonyl (C=O) groups is 4. The summed E-state index contributed by atoms with van der Waals surface area (Å²) in [4.78, 5) is 50.2. The molecule has 6 nitrogen and oxygen atoms in total. The fraction of sp³-hybridized carbons (Fsp3) is 0.200. The number of anilines is 1. The Hall–Kier alpha value is -3.74. The van der Waals surface area contributed by atoms with Crippen molar-refractivity contribution in [3.05, 3.63) is 136 Å². The number of hydrogen-bond donors (Lipinski definition) is 1. The average Bonchev–Trinajstić information content (AvgIpc) is 3.42. The minimum Gasteiger partial charge on any atom is -0.288 e. The van der Waals surface area contributed by atoms with E-state index < -0.39 is 11.8 Å². The van der Waals surface area contributed by atoms with Crippen molar-refractivity contribution < 1.29 is 51.9 Å². The summed E-state index contributed by atoms with van der Waals surface area (Å²) in [6.07, 6.45) is 0.462. The zero-order valence-electron chi connectivity index (χ0n) is 23.9. The van der Waals surface area contributed by atoms with Crippen molar-refractivity contribution >= 4 is 29.3 Å². The Bertz CT molecular complexity index is 1520. The molecule has 6 rings (SSSR count). The minimum absolute atomic E-state index is 0. The van der Waals surface area contributed by atoms with Crippen molar-refractivity contribution in [1.82, 2.24) is 5.32 Å². The second-order valence-corrected chi connectivity index (χ2v) is 8.50. The van der Waals surface area contributed by atoms with Gasteiger partial charge in [0, 0.05) is 32.7 Å². The fourth-order valence-electron chi connectivity index (χ4n) is 4.19. The first-order chi connectivity index (χ1) is 19.4. The molecule has 2 heterocycles. The van der Waals surface area contributed by atoms with E-state index in [9.17, 15) is 19.2 Å². The molecular formula is C35H36N2O4Y-2. The number of benzene rings is 4. The van der Waals surface area contributed by atoms with Gasteiger partial charge in [-0.05, 0) is 41.8 Å². The van der Waals surface area contributed by atoms with Crippen molar-refractivity contribution in [2.45, 2.75) is 48.5 Å². The maximum Gasteiger partial charge on any atom is 0.264 e. The summed E-state index contributed by atoms with van der Waals surface area (Å²) in [5.74, 6) is -1.51. The number of amides is 4. The number of imide groups is 2. The van der Waals surface area contributed by atoms with Crippen LogP contribution in [0.15, 0.2) is 84.9 Å². The Labute approximate surface area is 274 Å². The normalized spacial score (nSPS) is 12.0. The Kier molecular flexibility index (Phi) is 14.9. The molecule has 7 heteroatoms. The van der Waals surface area contributed by atoms with Crippen LogP contribution in [0, 0.1) is 19.1 Å². The number of hydrogen-bond acceptors (Lipinski definition) is 4. The van der Waals surface area contributed by atoms with Crippen LogP contribution in [0.5, 0.6) is 0 Å². The first-order valence-corrected chi connectivity index (χ1v) is 13.3. The summed E-state index contributed by atoms with van der Waals surface area (Å²) in [7, 11) is 0. The van der Waals surface area contributed by atoms with E-state index in [-0.39, 0.29) is 52.0 Å². The molecule has 0 aliphatic carbocycles. The summed E-state index contributed by atoms with van der Waals surface area (Å²) in [5.41, 5.74) is 4.90. The standard InChI is InChI=1S/C23H13N2O4.C7H7.2C2H6.CH4.Y/c26-20-16-8-6-13(11-18(16)21(27)24-20)10-14-7-9-17-19(12-14)23(29)25(22(17)28)15-4-2-1-3-5-15;1-7-5-3-2-4-6-7;2*1-2;;/h2-9,11-12H,10H2,(H,24,26,27);3-6H,1H3;2*1-2H3;1H4;/q2*-1;;;;. The van der Waals surface area contributed by atoms with Crippen molar-refractivity contribution in [2.75, 3.05) is 4.90 Å². The number of aryl methyl sites for hydroxylation is 1. The smallest absolute Gasteiger partial charge is 0.264 e. The molecule has 0 saturated heterocycles. The van der Waals surface area contributed by atoms with Crippen LogP contribution in [0.4, 0.5) is 5.69 Å². The summed E-state index contributed by atoms with van der Waals surface area (Å²) < 4.78 is 0. The van der Waals surface area contributed by atoms with E-state index in [4.69, 9.17) is 0 Å². The SMILES string of the molecule is C.CC.CC.Cc1cc[c-]cc1.O=C1NC(=O)c2cc(Cc3ccc4c(c3)C(=O)N(c3cc[c-]cc3)C4=O)ccc21.[Y]. The molecule has 0 fully saturated rings. The van der Waals surface area contributed by atoms with Crippen LogP contribution in [0.3, 0.4) is 0 Å². The summed E-state index contributed by atoms with van der Waals surface area (Å²) in [6.45, 7) is 10.1. The molecule has 0 bridgehead atoms. The van der Waals surface area contributed by atoms with Gasteiger partial charge in [0.2, 0.25) is 0 Å². The van der Waals surface area contributed by atoms with Gasteiger partial charge in [0.1, 0.15) is 0 Å². The maximum atomic E-state index is 12.8. The van der Waals surface area contributed by atoms with Crippen LogP contribution < -0.4 is 10.2 Å². The molecule has 0 unspecified atom stereocenters. The van der Waals surface area contributed by atoms with Crippen LogP contribution >= 0.6 is 0 Å². The molecule has 4 amide bonds. The molecular weight excluding hydrogens is 601 g/mol. The van der Waals surface area contributed by atoms with E-state index in [1.54, 1.807) is 60.7 Å². The third kappa shape index (κ3) is 8.18. The molecule has 0 spiro atoms. The van der Waals surface area contributed by atoms with Gasteiger partial charge in [0.15, 0.2) is 0 Å². The molecule has 0 aromatic heterocycles. The Morgan fingerprint density at radius 2 is 1.07 bits per heavy atom. The van der Waals surface area contributed by atoms with Crippen molar-refractivity contribution in [3.8, 4) is 0 Å². The van der Waals surface area contributed by atoms with E-state index in [1.807, 2.05) is 52.0 Å². The molecule has 0 atom stereocenters. The van der Waals surface area contributed by atoms with Gasteiger partial charge in [0.05, 0.1) is 22.3 Å². The van der Waals surface area contributed by atoms with E-state index in [0.29, 0.717) is 34.4 Å². The van der Waals surface area contributed by atoms with Gasteiger partial charge in [-0.25, -0.2) is 0 Å². The summed E-state index contributed by atoms with van der Waals surface area (Å²) in [5, 5.41) is 2.27. The van der Waals surface area contributed by atoms with E-state index in [0.717, 1.165) is 16.0 Å². The third-order valence-corrected chi connectivity index (χ3v) is 6.00. The second-order valence-electron chi connectivity index (χ2n) is 8.50. The largest absolute Gasteiger partial charge is 0.288 e. The molecule has 2 aliphatic rings. The number of nitrogens with zero attached hydrogens (tertiary/aromatic N) is 1. The Morgan fingerprint density at radius 1 is 0.619 bits per heavy atom. The molecule has 2 aliphatic heterocycles. The van der Waals surface area contributed by atoms with Gasteiger partial charge in [-0.2, -0.15) is 54.1 Å². The van der Waals surface area contributed by atoms with Crippen molar-refractivity contribution in [2.24, 2.45) is 0 Å². The van der Waals surface area contributed by atoms with Gasteiger partial charge >= 0.3 is 0 Å². The van der Waals surface area contributed by atoms with Crippen LogP contribution in [-0.2, 0) is 39.1 Å². The van der Waals surface area contributed by atoms with E-state index in [2.05, 4.69) is 24.4 Å². The van der Waals surface area contributed by atoms with Crippen LogP contribution in [0.25, 0.3) is 0 Å². The summed E-state index contributed by atoms with van der Waals surface area (Å²) >= 11 is 0. The van der Waals surface area contributed by atoms with Gasteiger partial charge in [-0.15, -0.1) is 12.1 Å². The van der Waals surface area contributed by atoms with Crippen molar-refractivity contribution in [3.63, 3.8) is 0 Å². The van der Waals surface area contributed by atoms with Crippen LogP contribution in [0.1, 0.15) is 93.2 Å². The number of fused-ring (bicyclic) bond motifs is 2. The molecule has 215 valence electrons. The minimum atomic E-state index is -0.405. The molecule has 1 N–H and O–H groups in total. The predicted molar refractivity (Wildman–Crippen MR) is 163 cm³/mol. The fourth-order valence-corrected chi connectivity index (χ4v) is 4.19. The monoisotopic (exact) mass is 637 g/mol. The first kappa shape index (κ1) is 36.3. The molecule has 0 saturated carbocycles. The van der Waals surface area contributed by atoms with Crippen LogP contribution in [-0.4, -0.2) is 23.6 Å². The van der Waals surface area contributed by atoms with Gasteiger partial charge in [0.25, 0.3) is 23.6 Å². The molecule has 1 radical (unpaired) electrons. The van der Waals surface area contributed by atoms with Gasteiger partial charge in [-0.1, -0.05) is 59.9 Å². The second kappa shape index (κ2) is 17.3. The average molecular weight is 638 g/mol. The molecule has 42 heavy (non-hydrogen) atoms. The summed E-state index contributed by atoms with van der Waals surface area (Å²) in [6, 6.07) is 30.6. The number of carbonyl (C=O) groups excluding carboxylic acids is 4. The third-order valence-electron chi connectivity index (χ3n) is 6.00. The topological polar surface area (TPSA) is 83.6 Å². The Balaban J connectivity index is 0.000000586. The zero-order valence-corrected chi connectivity index (χ0v) is 26.8. The quantitative estimate of drug-likeness (QED) is 0.190. The van der Waals surface area contributed by atoms with Crippen LogP contribution in [0.2, 0.25) is 0 Å². The molecule has 4 aromatic carbocycles. The zero-order chi connectivity index (χ0) is 29.2. The number of nitrogens with one attached hydrogen (secondary N) is 1. The first-order valence-electron chi connectivity index (χ1n) is 13.3. The van der Waals surface area contributed by atoms with Gasteiger partial charge < -0.3 is 0 Å². The predicted octanol–water partition coefficient (Wildman–Crippen LogP) is 7.24. The van der Waals surface area contributed by atoms with Crippen molar-refractivity contribution in [1.29, 1.82) is 0 Å². The number of rotatable bonds is 3. The van der Waals surface area contributed by atoms with E-state index in [1.165, 1.54) is 5.56 Å². The Morgan fingerprint density at radius 3 is 1.60 bits per heavy atom. The molecule has 4 aromatic rings. The maximum absolute atomic E-state index is 12.8. The van der Waals surface area contributed by atoms with E-state index >= 15 is 0 Å². The van der Waals surface area contributed by atoms with Gasteiger partial charge in [-0.3, -0.25) is 29.4 Å².